The van der Waals surface area contributed by atoms with Crippen LogP contribution in [0.4, 0.5) is 5.69 Å². The minimum atomic E-state index is 0. The molecule has 0 fully saturated rings. The fourth-order valence-corrected chi connectivity index (χ4v) is 3.23. The first-order valence-corrected chi connectivity index (χ1v) is 9.30. The third-order valence-electron chi connectivity index (χ3n) is 4.64. The van der Waals surface area contributed by atoms with Crippen molar-refractivity contribution in [2.75, 3.05) is 11.9 Å². The molecular weight excluding hydrogens is 385 g/mol. The summed E-state index contributed by atoms with van der Waals surface area (Å²) in [5.74, 6) is 2.07. The van der Waals surface area contributed by atoms with Crippen molar-refractivity contribution in [1.29, 1.82) is 0 Å². The Labute approximate surface area is 173 Å². The first-order valence-electron chi connectivity index (χ1n) is 9.30. The van der Waals surface area contributed by atoms with Crippen LogP contribution in [0.3, 0.4) is 0 Å². The number of nitrogens with two attached hydrogens (primary N) is 1. The second-order valence-electron chi connectivity index (χ2n) is 6.63. The Bertz CT molecular complexity index is 703. The van der Waals surface area contributed by atoms with E-state index in [1.807, 2.05) is 24.3 Å². The minimum Gasteiger partial charge on any atom is -0.330 e. The Morgan fingerprint density at radius 1 is 1.04 bits per heavy atom. The molecule has 0 spiro atoms. The number of carbonyl (C=O) groups excluding carboxylic acids is 1. The zero-order valence-electron chi connectivity index (χ0n) is 15.5. The molecule has 0 unspecified atom stereocenters. The molecule has 0 saturated carbocycles. The van der Waals surface area contributed by atoms with Crippen LogP contribution >= 0.6 is 24.8 Å². The van der Waals surface area contributed by atoms with Gasteiger partial charge in [0.1, 0.15) is 5.82 Å². The van der Waals surface area contributed by atoms with E-state index in [1.165, 1.54) is 12.8 Å². The zero-order valence-corrected chi connectivity index (χ0v) is 17.2. The van der Waals surface area contributed by atoms with Gasteiger partial charge < -0.3 is 15.6 Å². The summed E-state index contributed by atoms with van der Waals surface area (Å²) < 4.78 is 2.21. The van der Waals surface area contributed by atoms with Crippen molar-refractivity contribution in [2.24, 2.45) is 5.73 Å². The number of hydrogen-bond acceptors (Lipinski definition) is 4. The number of nitrogens with zero attached hydrogens (tertiary/aromatic N) is 3. The van der Waals surface area contributed by atoms with Crippen LogP contribution in [0.2, 0.25) is 0 Å². The highest BCUT2D eigenvalue weighted by molar-refractivity contribution is 5.90. The van der Waals surface area contributed by atoms with E-state index in [2.05, 4.69) is 20.1 Å². The minimum absolute atomic E-state index is 0. The van der Waals surface area contributed by atoms with Crippen LogP contribution in [-0.4, -0.2) is 27.2 Å². The molecule has 6 nitrogen and oxygen atoms in total. The molecule has 1 aliphatic rings. The van der Waals surface area contributed by atoms with E-state index in [-0.39, 0.29) is 30.7 Å². The summed E-state index contributed by atoms with van der Waals surface area (Å²) in [5.41, 5.74) is 7.34. The Morgan fingerprint density at radius 3 is 2.52 bits per heavy atom. The van der Waals surface area contributed by atoms with E-state index in [0.717, 1.165) is 68.1 Å². The van der Waals surface area contributed by atoms with Crippen molar-refractivity contribution >= 4 is 36.4 Å². The van der Waals surface area contributed by atoms with E-state index in [9.17, 15) is 4.79 Å². The highest BCUT2D eigenvalue weighted by atomic mass is 35.5. The van der Waals surface area contributed by atoms with Crippen molar-refractivity contribution in [3.8, 4) is 11.4 Å². The lowest BCUT2D eigenvalue weighted by Crippen LogP contribution is -2.12. The average Bonchev–Trinajstić information content (AvgIpc) is 3.06. The van der Waals surface area contributed by atoms with E-state index in [0.29, 0.717) is 6.42 Å². The number of halogens is 2. The molecule has 1 aliphatic heterocycles. The standard InChI is InChI=1S/C19H27N5O.2ClH/c20-13-5-2-1-3-8-18(25)21-16-11-9-15(10-12-16)19-23-22-17-7-4-6-14-24(17)19;;/h9-12H,1-8,13-14,20H2,(H,21,25);2*1H. The number of aryl methyl sites for hydroxylation is 1. The molecule has 0 bridgehead atoms. The van der Waals surface area contributed by atoms with Crippen LogP contribution in [0.25, 0.3) is 11.4 Å². The topological polar surface area (TPSA) is 85.8 Å². The van der Waals surface area contributed by atoms with Gasteiger partial charge in [0.15, 0.2) is 5.82 Å². The average molecular weight is 414 g/mol. The van der Waals surface area contributed by atoms with Gasteiger partial charge in [-0.3, -0.25) is 4.79 Å². The molecule has 0 saturated heterocycles. The number of fused-ring (bicyclic) bond motifs is 1. The third kappa shape index (κ3) is 6.48. The molecule has 0 atom stereocenters. The molecule has 1 aromatic heterocycles. The lowest BCUT2D eigenvalue weighted by molar-refractivity contribution is -0.116. The maximum atomic E-state index is 12.0. The predicted octanol–water partition coefficient (Wildman–Crippen LogP) is 3.97. The van der Waals surface area contributed by atoms with Gasteiger partial charge in [0.05, 0.1) is 0 Å². The van der Waals surface area contributed by atoms with Gasteiger partial charge in [0, 0.05) is 30.6 Å². The normalized spacial score (nSPS) is 12.5. The lowest BCUT2D eigenvalue weighted by atomic mass is 10.1. The Hall–Kier alpha value is -1.63. The molecule has 3 N–H and O–H groups in total. The van der Waals surface area contributed by atoms with Gasteiger partial charge in [-0.1, -0.05) is 12.8 Å². The van der Waals surface area contributed by atoms with Crippen molar-refractivity contribution < 1.29 is 4.79 Å². The van der Waals surface area contributed by atoms with E-state index in [4.69, 9.17) is 5.73 Å². The summed E-state index contributed by atoms with van der Waals surface area (Å²) in [6.45, 7) is 1.72. The van der Waals surface area contributed by atoms with Crippen LogP contribution in [0, 0.1) is 0 Å². The second-order valence-corrected chi connectivity index (χ2v) is 6.63. The van der Waals surface area contributed by atoms with E-state index >= 15 is 0 Å². The molecule has 1 amide bonds. The smallest absolute Gasteiger partial charge is 0.224 e. The molecule has 2 heterocycles. The largest absolute Gasteiger partial charge is 0.330 e. The van der Waals surface area contributed by atoms with Gasteiger partial charge in [0.25, 0.3) is 0 Å². The summed E-state index contributed by atoms with van der Waals surface area (Å²) >= 11 is 0. The quantitative estimate of drug-likeness (QED) is 0.640. The highest BCUT2D eigenvalue weighted by Crippen LogP contribution is 2.24. The Balaban J connectivity index is 0.00000182. The van der Waals surface area contributed by atoms with Crippen molar-refractivity contribution in [3.05, 3.63) is 30.1 Å². The second kappa shape index (κ2) is 12.0. The number of nitrogens with one attached hydrogen (secondary N) is 1. The number of unbranched alkanes of at least 4 members (excludes halogenated alkanes) is 3. The monoisotopic (exact) mass is 413 g/mol. The van der Waals surface area contributed by atoms with Gasteiger partial charge in [-0.05, 0) is 56.5 Å². The number of rotatable bonds is 8. The third-order valence-corrected chi connectivity index (χ3v) is 4.64. The molecule has 8 heteroatoms. The van der Waals surface area contributed by atoms with Gasteiger partial charge in [-0.2, -0.15) is 0 Å². The Morgan fingerprint density at radius 2 is 1.78 bits per heavy atom. The summed E-state index contributed by atoms with van der Waals surface area (Å²) in [5, 5.41) is 11.6. The fourth-order valence-electron chi connectivity index (χ4n) is 3.23. The number of amides is 1. The molecule has 150 valence electrons. The van der Waals surface area contributed by atoms with Crippen molar-refractivity contribution in [1.82, 2.24) is 14.8 Å². The number of hydrogen-bond donors (Lipinski definition) is 2. The molecule has 0 radical (unpaired) electrons. The van der Waals surface area contributed by atoms with Crippen LogP contribution in [-0.2, 0) is 17.8 Å². The summed E-state index contributed by atoms with van der Waals surface area (Å²) in [6, 6.07) is 7.88. The highest BCUT2D eigenvalue weighted by Gasteiger charge is 2.16. The number of carbonyl (C=O) groups is 1. The molecular formula is C19H29Cl2N5O. The van der Waals surface area contributed by atoms with Crippen LogP contribution in [0.1, 0.15) is 50.8 Å². The predicted molar refractivity (Wildman–Crippen MR) is 114 cm³/mol. The summed E-state index contributed by atoms with van der Waals surface area (Å²) in [7, 11) is 0. The van der Waals surface area contributed by atoms with Gasteiger partial charge >= 0.3 is 0 Å². The molecule has 2 aromatic rings. The first-order chi connectivity index (χ1) is 12.3. The van der Waals surface area contributed by atoms with Crippen LogP contribution < -0.4 is 11.1 Å². The molecule has 27 heavy (non-hydrogen) atoms. The summed E-state index contributed by atoms with van der Waals surface area (Å²) in [6.07, 6.45) is 8.04. The number of benzene rings is 1. The van der Waals surface area contributed by atoms with E-state index < -0.39 is 0 Å². The molecule has 3 rings (SSSR count). The molecule has 0 aliphatic carbocycles. The van der Waals surface area contributed by atoms with Crippen LogP contribution in [0.5, 0.6) is 0 Å². The fraction of sp³-hybridized carbons (Fsp3) is 0.526. The van der Waals surface area contributed by atoms with Crippen molar-refractivity contribution in [3.63, 3.8) is 0 Å². The van der Waals surface area contributed by atoms with Gasteiger partial charge in [0.2, 0.25) is 5.91 Å². The number of anilines is 1. The van der Waals surface area contributed by atoms with Crippen LogP contribution in [0.15, 0.2) is 24.3 Å². The van der Waals surface area contributed by atoms with E-state index in [1.54, 1.807) is 0 Å². The maximum Gasteiger partial charge on any atom is 0.224 e. The number of aromatic nitrogens is 3. The SMILES string of the molecule is Cl.Cl.NCCCCCCC(=O)Nc1ccc(-c2nnc3n2CCCC3)cc1. The maximum absolute atomic E-state index is 12.0. The zero-order chi connectivity index (χ0) is 17.5. The first kappa shape index (κ1) is 23.4. The van der Waals surface area contributed by atoms with Crippen molar-refractivity contribution in [2.45, 2.75) is 57.9 Å². The van der Waals surface area contributed by atoms with Gasteiger partial charge in [-0.25, -0.2) is 0 Å². The molecule has 1 aromatic carbocycles. The van der Waals surface area contributed by atoms with Gasteiger partial charge in [-0.15, -0.1) is 35.0 Å². The Kier molecular flexibility index (Phi) is 10.4. The summed E-state index contributed by atoms with van der Waals surface area (Å²) in [4.78, 5) is 12.0. The lowest BCUT2D eigenvalue weighted by Gasteiger charge is -2.14.